The van der Waals surface area contributed by atoms with Gasteiger partial charge in [-0.25, -0.2) is 0 Å². The number of hydrogen-bond donors (Lipinski definition) is 1. The number of fused-ring (bicyclic) bond motifs is 1. The van der Waals surface area contributed by atoms with Gasteiger partial charge in [-0.2, -0.15) is 5.26 Å². The molecule has 2 N–H and O–H groups in total. The molecule has 1 saturated heterocycles. The van der Waals surface area contributed by atoms with Gasteiger partial charge in [0, 0.05) is 12.6 Å². The Morgan fingerprint density at radius 1 is 1.25 bits per heavy atom. The Bertz CT molecular complexity index is 256. The maximum atomic E-state index is 8.70. The molecule has 0 spiro atoms. The topological polar surface area (TPSA) is 53.1 Å². The number of hydrogen-bond acceptors (Lipinski definition) is 3. The molecule has 3 nitrogen and oxygen atoms in total. The van der Waals surface area contributed by atoms with Crippen LogP contribution >= 0.6 is 0 Å². The SMILES string of the molecule is N#CC(N)CCN1CCC[C@H]2CCCC[C@H]21. The van der Waals surface area contributed by atoms with Gasteiger partial charge in [-0.15, -0.1) is 0 Å². The maximum absolute atomic E-state index is 8.70. The van der Waals surface area contributed by atoms with Crippen molar-refractivity contribution in [1.29, 1.82) is 5.26 Å². The van der Waals surface area contributed by atoms with Crippen LogP contribution in [0.3, 0.4) is 0 Å². The molecule has 1 aliphatic heterocycles. The van der Waals surface area contributed by atoms with Crippen molar-refractivity contribution in [2.75, 3.05) is 13.1 Å². The quantitative estimate of drug-likeness (QED) is 0.791. The van der Waals surface area contributed by atoms with E-state index in [2.05, 4.69) is 11.0 Å². The summed E-state index contributed by atoms with van der Waals surface area (Å²) in [4.78, 5) is 2.60. The van der Waals surface area contributed by atoms with E-state index in [4.69, 9.17) is 11.0 Å². The Labute approximate surface area is 98.6 Å². The molecule has 0 bridgehead atoms. The zero-order valence-corrected chi connectivity index (χ0v) is 10.1. The van der Waals surface area contributed by atoms with Gasteiger partial charge in [-0.3, -0.25) is 0 Å². The zero-order chi connectivity index (χ0) is 11.4. The van der Waals surface area contributed by atoms with Crippen molar-refractivity contribution >= 4 is 0 Å². The summed E-state index contributed by atoms with van der Waals surface area (Å²) < 4.78 is 0. The molecule has 3 atom stereocenters. The summed E-state index contributed by atoms with van der Waals surface area (Å²) in [6.07, 6.45) is 9.20. The first kappa shape index (κ1) is 11.9. The van der Waals surface area contributed by atoms with E-state index in [-0.39, 0.29) is 6.04 Å². The van der Waals surface area contributed by atoms with Crippen molar-refractivity contribution in [3.05, 3.63) is 0 Å². The predicted octanol–water partition coefficient (Wildman–Crippen LogP) is 1.88. The second-order valence-electron chi connectivity index (χ2n) is 5.31. The van der Waals surface area contributed by atoms with E-state index in [9.17, 15) is 0 Å². The highest BCUT2D eigenvalue weighted by Gasteiger charge is 2.32. The van der Waals surface area contributed by atoms with Crippen LogP contribution in [0.1, 0.15) is 44.9 Å². The lowest BCUT2D eigenvalue weighted by Crippen LogP contribution is -2.47. The van der Waals surface area contributed by atoms with Gasteiger partial charge in [-0.05, 0) is 44.6 Å². The fourth-order valence-corrected chi connectivity index (χ4v) is 3.38. The summed E-state index contributed by atoms with van der Waals surface area (Å²) in [6, 6.07) is 2.65. The second kappa shape index (κ2) is 5.65. The molecule has 2 fully saturated rings. The highest BCUT2D eigenvalue weighted by atomic mass is 15.2. The maximum Gasteiger partial charge on any atom is 0.0940 e. The lowest BCUT2D eigenvalue weighted by Gasteiger charge is -2.44. The zero-order valence-electron chi connectivity index (χ0n) is 10.1. The summed E-state index contributed by atoms with van der Waals surface area (Å²) >= 11 is 0. The average Bonchev–Trinajstić information content (AvgIpc) is 2.35. The van der Waals surface area contributed by atoms with Crippen molar-refractivity contribution < 1.29 is 0 Å². The van der Waals surface area contributed by atoms with Crippen molar-refractivity contribution in [2.45, 2.75) is 57.0 Å². The number of nitrogens with two attached hydrogens (primary N) is 1. The van der Waals surface area contributed by atoms with E-state index >= 15 is 0 Å². The molecule has 1 unspecified atom stereocenters. The first-order chi connectivity index (χ1) is 7.81. The number of piperidine rings is 1. The molecule has 0 aromatic heterocycles. The predicted molar refractivity (Wildman–Crippen MR) is 64.8 cm³/mol. The molecule has 1 aliphatic carbocycles. The van der Waals surface area contributed by atoms with Crippen LogP contribution in [0.4, 0.5) is 0 Å². The lowest BCUT2D eigenvalue weighted by atomic mass is 9.78. The molecular formula is C13H23N3. The highest BCUT2D eigenvalue weighted by Crippen LogP contribution is 2.35. The molecule has 0 aromatic carbocycles. The molecule has 2 rings (SSSR count). The second-order valence-corrected chi connectivity index (χ2v) is 5.31. The smallest absolute Gasteiger partial charge is 0.0940 e. The Hall–Kier alpha value is -0.590. The normalized spacial score (nSPS) is 32.8. The minimum atomic E-state index is -0.274. The van der Waals surface area contributed by atoms with Gasteiger partial charge in [0.15, 0.2) is 0 Å². The number of likely N-dealkylation sites (tertiary alicyclic amines) is 1. The van der Waals surface area contributed by atoms with Gasteiger partial charge in [0.1, 0.15) is 0 Å². The van der Waals surface area contributed by atoms with E-state index in [1.54, 1.807) is 0 Å². The summed E-state index contributed by atoms with van der Waals surface area (Å²) in [5, 5.41) is 8.70. The Kier molecular flexibility index (Phi) is 4.20. The molecule has 0 amide bonds. The number of rotatable bonds is 3. The van der Waals surface area contributed by atoms with E-state index in [1.165, 1.54) is 45.1 Å². The van der Waals surface area contributed by atoms with E-state index in [0.717, 1.165) is 24.9 Å². The fraction of sp³-hybridized carbons (Fsp3) is 0.923. The van der Waals surface area contributed by atoms with Crippen LogP contribution in [0.25, 0.3) is 0 Å². The minimum absolute atomic E-state index is 0.274. The lowest BCUT2D eigenvalue weighted by molar-refractivity contribution is 0.0596. The van der Waals surface area contributed by atoms with Gasteiger partial charge >= 0.3 is 0 Å². The van der Waals surface area contributed by atoms with Gasteiger partial charge in [0.2, 0.25) is 0 Å². The molecule has 3 heteroatoms. The Morgan fingerprint density at radius 3 is 2.81 bits per heavy atom. The molecule has 90 valence electrons. The first-order valence-electron chi connectivity index (χ1n) is 6.70. The van der Waals surface area contributed by atoms with E-state index < -0.39 is 0 Å². The van der Waals surface area contributed by atoms with Gasteiger partial charge in [0.25, 0.3) is 0 Å². The molecule has 1 saturated carbocycles. The highest BCUT2D eigenvalue weighted by molar-refractivity contribution is 4.91. The largest absolute Gasteiger partial charge is 0.316 e. The summed E-state index contributed by atoms with van der Waals surface area (Å²) in [5.41, 5.74) is 5.67. The third-order valence-corrected chi connectivity index (χ3v) is 4.25. The Balaban J connectivity index is 1.85. The number of nitrogens with zero attached hydrogens (tertiary/aromatic N) is 2. The third kappa shape index (κ3) is 2.75. The van der Waals surface area contributed by atoms with Crippen LogP contribution in [0.2, 0.25) is 0 Å². The van der Waals surface area contributed by atoms with E-state index in [0.29, 0.717) is 0 Å². The minimum Gasteiger partial charge on any atom is -0.316 e. The van der Waals surface area contributed by atoms with Gasteiger partial charge < -0.3 is 10.6 Å². The summed E-state index contributed by atoms with van der Waals surface area (Å²) in [7, 11) is 0. The van der Waals surface area contributed by atoms with Crippen LogP contribution in [-0.2, 0) is 0 Å². The van der Waals surface area contributed by atoms with Crippen LogP contribution in [-0.4, -0.2) is 30.1 Å². The Morgan fingerprint density at radius 2 is 2.00 bits per heavy atom. The number of nitriles is 1. The molecule has 16 heavy (non-hydrogen) atoms. The van der Waals surface area contributed by atoms with Crippen molar-refractivity contribution in [1.82, 2.24) is 4.90 Å². The van der Waals surface area contributed by atoms with Crippen molar-refractivity contribution in [3.8, 4) is 6.07 Å². The third-order valence-electron chi connectivity index (χ3n) is 4.25. The van der Waals surface area contributed by atoms with Crippen LogP contribution < -0.4 is 5.73 Å². The van der Waals surface area contributed by atoms with Gasteiger partial charge in [-0.1, -0.05) is 12.8 Å². The molecule has 2 aliphatic rings. The summed E-state index contributed by atoms with van der Waals surface area (Å²) in [6.45, 7) is 2.25. The van der Waals surface area contributed by atoms with E-state index in [1.807, 2.05) is 0 Å². The van der Waals surface area contributed by atoms with Crippen LogP contribution in [0.15, 0.2) is 0 Å². The van der Waals surface area contributed by atoms with Crippen molar-refractivity contribution in [2.24, 2.45) is 11.7 Å². The standard InChI is InChI=1S/C13H23N3/c14-10-12(15)7-9-16-8-3-5-11-4-1-2-6-13(11)16/h11-13H,1-9,15H2/t11-,12?,13-/m1/s1. The molecule has 0 radical (unpaired) electrons. The van der Waals surface area contributed by atoms with Crippen molar-refractivity contribution in [3.63, 3.8) is 0 Å². The van der Waals surface area contributed by atoms with Gasteiger partial charge in [0.05, 0.1) is 12.1 Å². The monoisotopic (exact) mass is 221 g/mol. The molecule has 1 heterocycles. The fourth-order valence-electron chi connectivity index (χ4n) is 3.38. The van der Waals surface area contributed by atoms with Crippen LogP contribution in [0.5, 0.6) is 0 Å². The first-order valence-corrected chi connectivity index (χ1v) is 6.70. The summed E-state index contributed by atoms with van der Waals surface area (Å²) in [5.74, 6) is 0.931. The average molecular weight is 221 g/mol. The van der Waals surface area contributed by atoms with Crippen LogP contribution in [0, 0.1) is 17.2 Å². The molecular weight excluding hydrogens is 198 g/mol. The molecule has 0 aromatic rings.